The molecule has 0 aliphatic carbocycles. The number of nitrogens with one attached hydrogen (secondary N) is 1. The number of likely N-dealkylation sites (N-methyl/N-ethyl adjacent to an activating group) is 1. The van der Waals surface area contributed by atoms with Gasteiger partial charge in [-0.1, -0.05) is 13.0 Å². The lowest BCUT2D eigenvalue weighted by molar-refractivity contribution is 0.239. The number of rotatable bonds is 5. The minimum absolute atomic E-state index is 0.127. The van der Waals surface area contributed by atoms with Gasteiger partial charge >= 0.3 is 0 Å². The van der Waals surface area contributed by atoms with E-state index < -0.39 is 0 Å². The van der Waals surface area contributed by atoms with Crippen LogP contribution in [0.3, 0.4) is 0 Å². The summed E-state index contributed by atoms with van der Waals surface area (Å²) in [5, 5.41) is 3.42. The topological polar surface area (TPSA) is 15.3 Å². The zero-order chi connectivity index (χ0) is 13.0. The van der Waals surface area contributed by atoms with Gasteiger partial charge < -0.3 is 5.32 Å². The largest absolute Gasteiger partial charge is 0.315 e. The number of benzene rings is 1. The molecule has 1 saturated heterocycles. The van der Waals surface area contributed by atoms with Crippen molar-refractivity contribution in [3.05, 3.63) is 35.1 Å². The molecular weight excluding hydrogens is 227 g/mol. The predicted octanol–water partition coefficient (Wildman–Crippen LogP) is 2.71. The van der Waals surface area contributed by atoms with E-state index in [1.807, 2.05) is 6.07 Å². The van der Waals surface area contributed by atoms with E-state index in [-0.39, 0.29) is 5.82 Å². The van der Waals surface area contributed by atoms with Crippen LogP contribution in [0.1, 0.15) is 30.9 Å². The molecule has 18 heavy (non-hydrogen) atoms. The fourth-order valence-corrected chi connectivity index (χ4v) is 2.67. The molecule has 1 aliphatic rings. The van der Waals surface area contributed by atoms with Gasteiger partial charge in [-0.3, -0.25) is 4.90 Å². The Morgan fingerprint density at radius 2 is 2.28 bits per heavy atom. The first-order chi connectivity index (χ1) is 8.70. The summed E-state index contributed by atoms with van der Waals surface area (Å²) in [6, 6.07) is 5.70. The van der Waals surface area contributed by atoms with Gasteiger partial charge in [0.15, 0.2) is 0 Å². The van der Waals surface area contributed by atoms with Crippen LogP contribution < -0.4 is 5.32 Å². The molecule has 0 saturated carbocycles. The first-order valence-electron chi connectivity index (χ1n) is 6.90. The van der Waals surface area contributed by atoms with Crippen molar-refractivity contribution >= 4 is 0 Å². The molecular formula is C15H23FN2. The third-order valence-electron chi connectivity index (χ3n) is 3.81. The molecule has 1 fully saturated rings. The molecule has 2 rings (SSSR count). The first kappa shape index (κ1) is 13.5. The van der Waals surface area contributed by atoms with Gasteiger partial charge in [0, 0.05) is 19.1 Å². The molecule has 2 nitrogen and oxygen atoms in total. The minimum Gasteiger partial charge on any atom is -0.315 e. The Kier molecular flexibility index (Phi) is 4.72. The highest BCUT2D eigenvalue weighted by molar-refractivity contribution is 5.26. The maximum absolute atomic E-state index is 13.3. The molecule has 3 heteroatoms. The zero-order valence-corrected chi connectivity index (χ0v) is 11.4. The van der Waals surface area contributed by atoms with Gasteiger partial charge in [-0.15, -0.1) is 0 Å². The van der Waals surface area contributed by atoms with Crippen LogP contribution in [0.2, 0.25) is 0 Å². The van der Waals surface area contributed by atoms with E-state index >= 15 is 0 Å². The zero-order valence-electron chi connectivity index (χ0n) is 11.4. The number of likely N-dealkylation sites (tertiary alicyclic amines) is 1. The first-order valence-corrected chi connectivity index (χ1v) is 6.90. The lowest BCUT2D eigenvalue weighted by atomic mass is 10.1. The second-order valence-corrected chi connectivity index (χ2v) is 5.15. The van der Waals surface area contributed by atoms with Crippen molar-refractivity contribution in [3.8, 4) is 0 Å². The van der Waals surface area contributed by atoms with E-state index in [1.165, 1.54) is 18.4 Å². The van der Waals surface area contributed by atoms with E-state index in [4.69, 9.17) is 0 Å². The Bertz CT molecular complexity index is 392. The minimum atomic E-state index is -0.127. The van der Waals surface area contributed by atoms with Crippen molar-refractivity contribution in [1.82, 2.24) is 10.2 Å². The summed E-state index contributed by atoms with van der Waals surface area (Å²) in [6.07, 6.45) is 2.51. The Morgan fingerprint density at radius 3 is 3.06 bits per heavy atom. The van der Waals surface area contributed by atoms with Crippen molar-refractivity contribution < 1.29 is 4.39 Å². The van der Waals surface area contributed by atoms with E-state index in [1.54, 1.807) is 12.1 Å². The molecule has 1 N–H and O–H groups in total. The van der Waals surface area contributed by atoms with E-state index in [0.29, 0.717) is 6.04 Å². The number of halogens is 1. The Balaban J connectivity index is 2.01. The molecule has 1 heterocycles. The monoisotopic (exact) mass is 250 g/mol. The fourth-order valence-electron chi connectivity index (χ4n) is 2.67. The van der Waals surface area contributed by atoms with Crippen molar-refractivity contribution in [2.24, 2.45) is 0 Å². The van der Waals surface area contributed by atoms with Gasteiger partial charge in [0.05, 0.1) is 0 Å². The summed E-state index contributed by atoms with van der Waals surface area (Å²) in [6.45, 7) is 8.26. The number of hydrogen-bond acceptors (Lipinski definition) is 2. The molecule has 0 amide bonds. The number of aryl methyl sites for hydroxylation is 1. The molecule has 0 bridgehead atoms. The SMILES string of the molecule is CCNCC1CCCN1Cc1cc(F)ccc1C. The van der Waals surface area contributed by atoms with E-state index in [2.05, 4.69) is 24.1 Å². The molecule has 1 aliphatic heterocycles. The average Bonchev–Trinajstić information content (AvgIpc) is 2.79. The molecule has 1 unspecified atom stereocenters. The lowest BCUT2D eigenvalue weighted by Crippen LogP contribution is -2.37. The molecule has 100 valence electrons. The smallest absolute Gasteiger partial charge is 0.123 e. The normalized spacial score (nSPS) is 20.5. The van der Waals surface area contributed by atoms with Crippen molar-refractivity contribution in [3.63, 3.8) is 0 Å². The van der Waals surface area contributed by atoms with Gasteiger partial charge in [-0.05, 0) is 56.1 Å². The highest BCUT2D eigenvalue weighted by atomic mass is 19.1. The second kappa shape index (κ2) is 6.30. The Labute approximate surface area is 109 Å². The summed E-state index contributed by atoms with van der Waals surface area (Å²) >= 11 is 0. The van der Waals surface area contributed by atoms with Crippen LogP contribution >= 0.6 is 0 Å². The Morgan fingerprint density at radius 1 is 1.44 bits per heavy atom. The second-order valence-electron chi connectivity index (χ2n) is 5.15. The third kappa shape index (κ3) is 3.30. The van der Waals surface area contributed by atoms with Gasteiger partial charge in [0.1, 0.15) is 5.82 Å². The molecule has 1 aromatic rings. The van der Waals surface area contributed by atoms with Crippen molar-refractivity contribution in [2.75, 3.05) is 19.6 Å². The maximum atomic E-state index is 13.3. The van der Waals surface area contributed by atoms with Gasteiger partial charge in [0.2, 0.25) is 0 Å². The van der Waals surface area contributed by atoms with Gasteiger partial charge in [0.25, 0.3) is 0 Å². The lowest BCUT2D eigenvalue weighted by Gasteiger charge is -2.25. The number of hydrogen-bond donors (Lipinski definition) is 1. The quantitative estimate of drug-likeness (QED) is 0.864. The van der Waals surface area contributed by atoms with E-state index in [0.717, 1.165) is 31.7 Å². The summed E-state index contributed by atoms with van der Waals surface area (Å²) in [5.74, 6) is -0.127. The van der Waals surface area contributed by atoms with Crippen molar-refractivity contribution in [1.29, 1.82) is 0 Å². The summed E-state index contributed by atoms with van der Waals surface area (Å²) in [4.78, 5) is 2.48. The third-order valence-corrected chi connectivity index (χ3v) is 3.81. The van der Waals surface area contributed by atoms with Gasteiger partial charge in [-0.25, -0.2) is 4.39 Å². The van der Waals surface area contributed by atoms with Crippen LogP contribution in [0, 0.1) is 12.7 Å². The summed E-state index contributed by atoms with van der Waals surface area (Å²) in [5.41, 5.74) is 2.31. The Hall–Kier alpha value is -0.930. The van der Waals surface area contributed by atoms with Gasteiger partial charge in [-0.2, -0.15) is 0 Å². The number of nitrogens with zero attached hydrogens (tertiary/aromatic N) is 1. The van der Waals surface area contributed by atoms with Crippen LogP contribution in [-0.4, -0.2) is 30.6 Å². The average molecular weight is 250 g/mol. The van der Waals surface area contributed by atoms with Crippen LogP contribution in [0.15, 0.2) is 18.2 Å². The molecule has 1 atom stereocenters. The van der Waals surface area contributed by atoms with Crippen molar-refractivity contribution in [2.45, 2.75) is 39.3 Å². The molecule has 0 spiro atoms. The van der Waals surface area contributed by atoms with Crippen LogP contribution in [0.4, 0.5) is 4.39 Å². The highest BCUT2D eigenvalue weighted by Gasteiger charge is 2.24. The predicted molar refractivity (Wildman–Crippen MR) is 73.1 cm³/mol. The highest BCUT2D eigenvalue weighted by Crippen LogP contribution is 2.21. The maximum Gasteiger partial charge on any atom is 0.123 e. The van der Waals surface area contributed by atoms with Crippen LogP contribution in [-0.2, 0) is 6.54 Å². The molecule has 1 aromatic carbocycles. The van der Waals surface area contributed by atoms with Crippen LogP contribution in [0.5, 0.6) is 0 Å². The summed E-state index contributed by atoms with van der Waals surface area (Å²) in [7, 11) is 0. The molecule has 0 aromatic heterocycles. The van der Waals surface area contributed by atoms with E-state index in [9.17, 15) is 4.39 Å². The fraction of sp³-hybridized carbons (Fsp3) is 0.600. The molecule has 0 radical (unpaired) electrons. The summed E-state index contributed by atoms with van der Waals surface area (Å²) < 4.78 is 13.3. The van der Waals surface area contributed by atoms with Crippen LogP contribution in [0.25, 0.3) is 0 Å². The standard InChI is InChI=1S/C15H23FN2/c1-3-17-10-15-5-4-8-18(15)11-13-9-14(16)7-6-12(13)2/h6-7,9,15,17H,3-5,8,10-11H2,1-2H3.